The van der Waals surface area contributed by atoms with Crippen LogP contribution >= 0.6 is 0 Å². The first-order valence-electron chi connectivity index (χ1n) is 6.13. The van der Waals surface area contributed by atoms with Crippen LogP contribution in [0.25, 0.3) is 0 Å². The van der Waals surface area contributed by atoms with Crippen LogP contribution in [0, 0.1) is 5.92 Å². The van der Waals surface area contributed by atoms with Gasteiger partial charge in [0.25, 0.3) is 0 Å². The summed E-state index contributed by atoms with van der Waals surface area (Å²) in [5.41, 5.74) is 0. The van der Waals surface area contributed by atoms with Crippen molar-refractivity contribution < 1.29 is 27.9 Å². The number of nitrogens with one attached hydrogen (secondary N) is 1. The maximum absolute atomic E-state index is 11.7. The van der Waals surface area contributed by atoms with Gasteiger partial charge >= 0.3 is 11.9 Å². The number of carboxylic acids is 1. The average molecular weight is 293 g/mol. The number of hydrogen-bond acceptors (Lipinski definition) is 5. The number of carbonyl (C=O) groups excluding carboxylic acids is 1. The standard InChI is InChI=1S/C11H19NO6S/c1-18-10(13)5-4-9(11(14)15)12-19(16,17)7-6-8-2-3-8/h8-9,12H,2-7H2,1H3,(H,14,15)/t9-/m1/s1. The third kappa shape index (κ3) is 6.53. The van der Waals surface area contributed by atoms with Gasteiger partial charge < -0.3 is 9.84 Å². The Balaban J connectivity index is 2.46. The molecule has 0 heterocycles. The summed E-state index contributed by atoms with van der Waals surface area (Å²) in [5, 5.41) is 8.93. The minimum absolute atomic E-state index is 0.0698. The first kappa shape index (κ1) is 15.9. The second-order valence-corrected chi connectivity index (χ2v) is 6.55. The van der Waals surface area contributed by atoms with Gasteiger partial charge in [-0.2, -0.15) is 0 Å². The van der Waals surface area contributed by atoms with Crippen molar-refractivity contribution in [1.82, 2.24) is 4.72 Å². The minimum Gasteiger partial charge on any atom is -0.480 e. The van der Waals surface area contributed by atoms with Crippen molar-refractivity contribution in [3.63, 3.8) is 0 Å². The number of aliphatic carboxylic acids is 1. The number of esters is 1. The van der Waals surface area contributed by atoms with E-state index in [4.69, 9.17) is 5.11 Å². The topological polar surface area (TPSA) is 110 Å². The summed E-state index contributed by atoms with van der Waals surface area (Å²) in [6.07, 6.45) is 2.38. The molecule has 19 heavy (non-hydrogen) atoms. The molecule has 0 amide bonds. The van der Waals surface area contributed by atoms with Crippen LogP contribution in [0.15, 0.2) is 0 Å². The molecule has 0 unspecified atom stereocenters. The fourth-order valence-electron chi connectivity index (χ4n) is 1.60. The van der Waals surface area contributed by atoms with Crippen LogP contribution < -0.4 is 4.72 Å². The lowest BCUT2D eigenvalue weighted by molar-refractivity contribution is -0.142. The summed E-state index contributed by atoms with van der Waals surface area (Å²) in [4.78, 5) is 21.9. The van der Waals surface area contributed by atoms with Crippen molar-refractivity contribution >= 4 is 22.0 Å². The first-order chi connectivity index (χ1) is 8.84. The summed E-state index contributed by atoms with van der Waals surface area (Å²) in [6, 6.07) is -1.29. The minimum atomic E-state index is -3.62. The Labute approximate surface area is 112 Å². The zero-order chi connectivity index (χ0) is 14.5. The zero-order valence-corrected chi connectivity index (χ0v) is 11.6. The second kappa shape index (κ2) is 6.85. The van der Waals surface area contributed by atoms with Crippen LogP contribution in [0.2, 0.25) is 0 Å². The lowest BCUT2D eigenvalue weighted by Crippen LogP contribution is -2.42. The average Bonchev–Trinajstić information content (AvgIpc) is 3.15. The molecule has 1 aliphatic carbocycles. The molecule has 0 saturated heterocycles. The molecular weight excluding hydrogens is 274 g/mol. The van der Waals surface area contributed by atoms with Crippen LogP contribution in [-0.2, 0) is 24.3 Å². The van der Waals surface area contributed by atoms with Crippen LogP contribution in [0.4, 0.5) is 0 Å². The van der Waals surface area contributed by atoms with Gasteiger partial charge in [-0.05, 0) is 18.8 Å². The molecule has 7 nitrogen and oxygen atoms in total. The quantitative estimate of drug-likeness (QED) is 0.584. The number of methoxy groups -OCH3 is 1. The molecule has 2 N–H and O–H groups in total. The van der Waals surface area contributed by atoms with Gasteiger partial charge in [0.15, 0.2) is 0 Å². The summed E-state index contributed by atoms with van der Waals surface area (Å²) < 4.78 is 29.9. The van der Waals surface area contributed by atoms with E-state index in [1.807, 2.05) is 0 Å². The van der Waals surface area contributed by atoms with Gasteiger partial charge in [0.05, 0.1) is 12.9 Å². The molecule has 0 spiro atoms. The fraction of sp³-hybridized carbons (Fsp3) is 0.818. The fourth-order valence-corrected chi connectivity index (χ4v) is 3.01. The maximum Gasteiger partial charge on any atom is 0.321 e. The predicted octanol–water partition coefficient (Wildman–Crippen LogP) is 0.112. The Bertz CT molecular complexity index is 428. The molecule has 0 aromatic heterocycles. The van der Waals surface area contributed by atoms with E-state index >= 15 is 0 Å². The van der Waals surface area contributed by atoms with Crippen molar-refractivity contribution in [2.24, 2.45) is 5.92 Å². The van der Waals surface area contributed by atoms with Crippen LogP contribution in [-0.4, -0.2) is 44.4 Å². The highest BCUT2D eigenvalue weighted by Gasteiger charge is 2.28. The van der Waals surface area contributed by atoms with Gasteiger partial charge in [-0.25, -0.2) is 13.1 Å². The van der Waals surface area contributed by atoms with E-state index in [9.17, 15) is 18.0 Å². The molecule has 0 bridgehead atoms. The molecule has 0 aromatic rings. The molecule has 1 saturated carbocycles. The zero-order valence-electron chi connectivity index (χ0n) is 10.8. The predicted molar refractivity (Wildman–Crippen MR) is 66.9 cm³/mol. The van der Waals surface area contributed by atoms with Gasteiger partial charge in [0, 0.05) is 6.42 Å². The van der Waals surface area contributed by atoms with Gasteiger partial charge in [-0.15, -0.1) is 0 Å². The highest BCUT2D eigenvalue weighted by Crippen LogP contribution is 2.32. The molecule has 1 fully saturated rings. The van der Waals surface area contributed by atoms with E-state index in [0.29, 0.717) is 12.3 Å². The third-order valence-corrected chi connectivity index (χ3v) is 4.39. The van der Waals surface area contributed by atoms with Crippen LogP contribution in [0.3, 0.4) is 0 Å². The number of carbonyl (C=O) groups is 2. The Morgan fingerprint density at radius 1 is 1.42 bits per heavy atom. The molecule has 1 atom stereocenters. The number of rotatable bonds is 9. The second-order valence-electron chi connectivity index (χ2n) is 4.67. The normalized spacial score (nSPS) is 16.9. The monoisotopic (exact) mass is 293 g/mol. The summed E-state index contributed by atoms with van der Waals surface area (Å²) in [5.74, 6) is -1.48. The van der Waals surface area contributed by atoms with Gasteiger partial charge in [-0.1, -0.05) is 12.8 Å². The third-order valence-electron chi connectivity index (χ3n) is 2.98. The Morgan fingerprint density at radius 2 is 2.05 bits per heavy atom. The van der Waals surface area contributed by atoms with Gasteiger partial charge in [0.2, 0.25) is 10.0 Å². The molecule has 8 heteroatoms. The van der Waals surface area contributed by atoms with Crippen molar-refractivity contribution in [1.29, 1.82) is 0 Å². The largest absolute Gasteiger partial charge is 0.480 e. The van der Waals surface area contributed by atoms with Crippen molar-refractivity contribution in [3.8, 4) is 0 Å². The SMILES string of the molecule is COC(=O)CC[C@@H](NS(=O)(=O)CCC1CC1)C(=O)O. The molecule has 110 valence electrons. The molecule has 1 rings (SSSR count). The lowest BCUT2D eigenvalue weighted by Gasteiger charge is -2.14. The van der Waals surface area contributed by atoms with Crippen molar-refractivity contribution in [2.45, 2.75) is 38.1 Å². The van der Waals surface area contributed by atoms with E-state index < -0.39 is 28.0 Å². The van der Waals surface area contributed by atoms with E-state index in [-0.39, 0.29) is 18.6 Å². The highest BCUT2D eigenvalue weighted by atomic mass is 32.2. The van der Waals surface area contributed by atoms with Gasteiger partial charge in [-0.3, -0.25) is 9.59 Å². The van der Waals surface area contributed by atoms with E-state index in [1.165, 1.54) is 7.11 Å². The molecule has 1 aliphatic rings. The smallest absolute Gasteiger partial charge is 0.321 e. The number of ether oxygens (including phenoxy) is 1. The maximum atomic E-state index is 11.7. The number of hydrogen-bond donors (Lipinski definition) is 2. The lowest BCUT2D eigenvalue weighted by atomic mass is 10.2. The molecule has 0 radical (unpaired) electrons. The van der Waals surface area contributed by atoms with Gasteiger partial charge in [0.1, 0.15) is 6.04 Å². The van der Waals surface area contributed by atoms with E-state index in [1.54, 1.807) is 0 Å². The van der Waals surface area contributed by atoms with Crippen LogP contribution in [0.1, 0.15) is 32.1 Å². The summed E-state index contributed by atoms with van der Waals surface area (Å²) in [7, 11) is -2.43. The van der Waals surface area contributed by atoms with Crippen LogP contribution in [0.5, 0.6) is 0 Å². The summed E-state index contributed by atoms with van der Waals surface area (Å²) >= 11 is 0. The Hall–Kier alpha value is -1.15. The first-order valence-corrected chi connectivity index (χ1v) is 7.79. The van der Waals surface area contributed by atoms with Crippen molar-refractivity contribution in [2.75, 3.05) is 12.9 Å². The Kier molecular flexibility index (Phi) is 5.74. The highest BCUT2D eigenvalue weighted by molar-refractivity contribution is 7.89. The number of carboxylic acid groups (broad SMARTS) is 1. The van der Waals surface area contributed by atoms with E-state index in [2.05, 4.69) is 9.46 Å². The number of sulfonamides is 1. The molecular formula is C11H19NO6S. The van der Waals surface area contributed by atoms with Crippen molar-refractivity contribution in [3.05, 3.63) is 0 Å². The summed E-state index contributed by atoms with van der Waals surface area (Å²) in [6.45, 7) is 0. The molecule has 0 aliphatic heterocycles. The van der Waals surface area contributed by atoms with E-state index in [0.717, 1.165) is 12.8 Å². The molecule has 0 aromatic carbocycles. The Morgan fingerprint density at radius 3 is 2.53 bits per heavy atom.